The predicted molar refractivity (Wildman–Crippen MR) is 140 cm³/mol. The van der Waals surface area contributed by atoms with Crippen LogP contribution in [0.15, 0.2) is 18.3 Å². The van der Waals surface area contributed by atoms with Gasteiger partial charge in [-0.25, -0.2) is 15.0 Å². The van der Waals surface area contributed by atoms with Gasteiger partial charge in [0.25, 0.3) is 0 Å². The highest BCUT2D eigenvalue weighted by Gasteiger charge is 2.28. The third kappa shape index (κ3) is 5.06. The van der Waals surface area contributed by atoms with Crippen molar-refractivity contribution in [1.82, 2.24) is 24.5 Å². The Hall–Kier alpha value is -2.54. The molecule has 7 heteroatoms. The van der Waals surface area contributed by atoms with Gasteiger partial charge < -0.3 is 15.0 Å². The van der Waals surface area contributed by atoms with Crippen LogP contribution in [0.1, 0.15) is 89.9 Å². The molecule has 0 aromatic carbocycles. The summed E-state index contributed by atoms with van der Waals surface area (Å²) in [5, 5.41) is 13.6. The smallest absolute Gasteiger partial charge is 0.184 e. The van der Waals surface area contributed by atoms with Gasteiger partial charge in [-0.15, -0.1) is 0 Å². The Balaban J connectivity index is 1.63. The maximum absolute atomic E-state index is 9.90. The molecule has 0 amide bonds. The van der Waals surface area contributed by atoms with E-state index < -0.39 is 0 Å². The average Bonchev–Trinajstić information content (AvgIpc) is 3.17. The van der Waals surface area contributed by atoms with Crippen LogP contribution in [0.25, 0.3) is 22.7 Å². The predicted octanol–water partition coefficient (Wildman–Crippen LogP) is 5.93. The highest BCUT2D eigenvalue weighted by Crippen LogP contribution is 2.36. The summed E-state index contributed by atoms with van der Waals surface area (Å²) in [6.07, 6.45) is 10.7. The molecule has 2 aliphatic carbocycles. The Morgan fingerprint density at radius 1 is 1.06 bits per heavy atom. The average molecular weight is 477 g/mol. The molecule has 2 fully saturated rings. The fourth-order valence-electron chi connectivity index (χ4n) is 5.60. The first-order chi connectivity index (χ1) is 16.9. The Morgan fingerprint density at radius 2 is 1.83 bits per heavy atom. The molecule has 0 radical (unpaired) electrons. The lowest BCUT2D eigenvalue weighted by molar-refractivity contribution is 0.267. The van der Waals surface area contributed by atoms with Crippen LogP contribution in [-0.2, 0) is 13.2 Å². The van der Waals surface area contributed by atoms with Gasteiger partial charge in [-0.3, -0.25) is 4.98 Å². The normalized spacial score (nSPS) is 21.9. The highest BCUT2D eigenvalue weighted by molar-refractivity contribution is 5.86. The van der Waals surface area contributed by atoms with Gasteiger partial charge in [-0.2, -0.15) is 0 Å². The third-order valence-corrected chi connectivity index (χ3v) is 8.27. The lowest BCUT2D eigenvalue weighted by Gasteiger charge is -2.32. The van der Waals surface area contributed by atoms with Crippen LogP contribution in [0.2, 0.25) is 0 Å². The summed E-state index contributed by atoms with van der Waals surface area (Å²) in [5.41, 5.74) is 3.71. The largest absolute Gasteiger partial charge is 0.388 e. The monoisotopic (exact) mass is 476 g/mol. The second-order valence-corrected chi connectivity index (χ2v) is 11.2. The van der Waals surface area contributed by atoms with Crippen LogP contribution in [0, 0.1) is 17.8 Å². The van der Waals surface area contributed by atoms with Crippen LogP contribution in [0.4, 0.5) is 5.82 Å². The number of hydrogen-bond donors (Lipinski definition) is 2. The number of rotatable bonds is 8. The zero-order chi connectivity index (χ0) is 24.5. The molecule has 0 saturated heterocycles. The van der Waals surface area contributed by atoms with Crippen molar-refractivity contribution in [2.24, 2.45) is 17.8 Å². The van der Waals surface area contributed by atoms with E-state index in [2.05, 4.69) is 54.7 Å². The minimum Gasteiger partial charge on any atom is -0.388 e. The fourth-order valence-corrected chi connectivity index (χ4v) is 5.60. The molecule has 3 aromatic rings. The lowest BCUT2D eigenvalue weighted by Crippen LogP contribution is -2.31. The van der Waals surface area contributed by atoms with Crippen LogP contribution in [0.3, 0.4) is 0 Å². The number of aliphatic hydroxyl groups is 1. The second-order valence-electron chi connectivity index (χ2n) is 11.2. The number of aliphatic hydroxyl groups excluding tert-OH is 1. The van der Waals surface area contributed by atoms with Crippen LogP contribution in [0.5, 0.6) is 0 Å². The molecule has 5 rings (SSSR count). The topological polar surface area (TPSA) is 88.8 Å². The highest BCUT2D eigenvalue weighted by atomic mass is 16.3. The van der Waals surface area contributed by atoms with Gasteiger partial charge in [0.05, 0.1) is 0 Å². The van der Waals surface area contributed by atoms with E-state index in [0.29, 0.717) is 35.3 Å². The SMILES string of the molecule is CC1CCC(Cn2c(-c3cc(C(C)C)ccn3)nc3nc(CO)nc(N[C@H](C)C4CCC4)c32)CC1. The fraction of sp³-hybridized carbons (Fsp3) is 0.643. The van der Waals surface area contributed by atoms with Crippen LogP contribution in [-0.4, -0.2) is 35.7 Å². The third-order valence-electron chi connectivity index (χ3n) is 8.27. The minimum absolute atomic E-state index is 0.202. The van der Waals surface area contributed by atoms with Crippen molar-refractivity contribution in [3.63, 3.8) is 0 Å². The van der Waals surface area contributed by atoms with E-state index in [4.69, 9.17) is 15.0 Å². The molecule has 188 valence electrons. The Labute approximate surface area is 208 Å². The summed E-state index contributed by atoms with van der Waals surface area (Å²) >= 11 is 0. The van der Waals surface area contributed by atoms with Crippen molar-refractivity contribution in [2.75, 3.05) is 5.32 Å². The van der Waals surface area contributed by atoms with E-state index in [1.165, 1.54) is 50.5 Å². The van der Waals surface area contributed by atoms with E-state index >= 15 is 0 Å². The summed E-state index contributed by atoms with van der Waals surface area (Å²) in [5.74, 6) is 4.54. The molecule has 2 aliphatic rings. The summed E-state index contributed by atoms with van der Waals surface area (Å²) in [6, 6.07) is 4.56. The van der Waals surface area contributed by atoms with E-state index in [1.807, 2.05) is 6.20 Å². The molecule has 2 saturated carbocycles. The number of hydrogen-bond acceptors (Lipinski definition) is 6. The van der Waals surface area contributed by atoms with Crippen molar-refractivity contribution in [1.29, 1.82) is 0 Å². The zero-order valence-electron chi connectivity index (χ0n) is 21.7. The number of nitrogens with zero attached hydrogens (tertiary/aromatic N) is 5. The summed E-state index contributed by atoms with van der Waals surface area (Å²) in [4.78, 5) is 19.2. The van der Waals surface area contributed by atoms with E-state index in [9.17, 15) is 5.11 Å². The lowest BCUT2D eigenvalue weighted by atomic mass is 9.80. The van der Waals surface area contributed by atoms with Crippen LogP contribution >= 0.6 is 0 Å². The molecule has 0 aliphatic heterocycles. The number of imidazole rings is 1. The second kappa shape index (κ2) is 10.2. The molecule has 3 aromatic heterocycles. The summed E-state index contributed by atoms with van der Waals surface area (Å²) in [7, 11) is 0. The molecule has 1 atom stereocenters. The first kappa shape index (κ1) is 24.2. The molecule has 7 nitrogen and oxygen atoms in total. The van der Waals surface area contributed by atoms with Gasteiger partial charge in [-0.05, 0) is 74.0 Å². The van der Waals surface area contributed by atoms with Gasteiger partial charge in [-0.1, -0.05) is 40.0 Å². The first-order valence-corrected chi connectivity index (χ1v) is 13.5. The van der Waals surface area contributed by atoms with Crippen molar-refractivity contribution in [3.8, 4) is 11.5 Å². The van der Waals surface area contributed by atoms with Gasteiger partial charge in [0.1, 0.15) is 17.8 Å². The number of nitrogens with one attached hydrogen (secondary N) is 1. The Morgan fingerprint density at radius 3 is 2.49 bits per heavy atom. The molecule has 0 spiro atoms. The van der Waals surface area contributed by atoms with Crippen molar-refractivity contribution in [3.05, 3.63) is 29.7 Å². The maximum Gasteiger partial charge on any atom is 0.184 e. The molecule has 0 bridgehead atoms. The van der Waals surface area contributed by atoms with Gasteiger partial charge in [0.15, 0.2) is 23.1 Å². The minimum atomic E-state index is -0.202. The Bertz CT molecular complexity index is 1160. The Kier molecular flexibility index (Phi) is 7.05. The quantitative estimate of drug-likeness (QED) is 0.419. The molecule has 35 heavy (non-hydrogen) atoms. The van der Waals surface area contributed by atoms with E-state index in [0.717, 1.165) is 35.3 Å². The van der Waals surface area contributed by atoms with Crippen LogP contribution < -0.4 is 5.32 Å². The van der Waals surface area contributed by atoms with Gasteiger partial charge in [0, 0.05) is 18.8 Å². The van der Waals surface area contributed by atoms with Gasteiger partial charge >= 0.3 is 0 Å². The summed E-state index contributed by atoms with van der Waals surface area (Å²) < 4.78 is 2.32. The molecule has 0 unspecified atom stereocenters. The standard InChI is InChI=1S/C28H40N6O/c1-17(2)22-12-13-29-23(14-22)28-33-27-25(34(28)15-20-10-8-18(3)9-11-20)26(31-24(16-35)32-27)30-19(4)21-6-5-7-21/h12-14,17-21,35H,5-11,15-16H2,1-4H3,(H,30,31,32)/t18?,19-,20?/m1/s1. The number of anilines is 1. The molecule has 2 N–H and O–H groups in total. The zero-order valence-corrected chi connectivity index (χ0v) is 21.7. The maximum atomic E-state index is 9.90. The van der Waals surface area contributed by atoms with Crippen molar-refractivity contribution >= 4 is 17.0 Å². The number of pyridine rings is 1. The first-order valence-electron chi connectivity index (χ1n) is 13.5. The van der Waals surface area contributed by atoms with Crippen molar-refractivity contribution < 1.29 is 5.11 Å². The van der Waals surface area contributed by atoms with E-state index in [1.54, 1.807) is 0 Å². The van der Waals surface area contributed by atoms with Crippen molar-refractivity contribution in [2.45, 2.75) is 97.8 Å². The molecule has 3 heterocycles. The molecular weight excluding hydrogens is 436 g/mol. The number of aromatic nitrogens is 5. The van der Waals surface area contributed by atoms with E-state index in [-0.39, 0.29) is 6.61 Å². The summed E-state index contributed by atoms with van der Waals surface area (Å²) in [6.45, 7) is 9.70. The molecular formula is C28H40N6O. The van der Waals surface area contributed by atoms with Gasteiger partial charge in [0.2, 0.25) is 0 Å². The number of fused-ring (bicyclic) bond motifs is 1.